The molecule has 5 heteroatoms. The molecule has 2 aromatic rings. The van der Waals surface area contributed by atoms with Gasteiger partial charge >= 0.3 is 0 Å². The fraction of sp³-hybridized carbons (Fsp3) is 0.231. The number of aromatic nitrogens is 1. The lowest BCUT2D eigenvalue weighted by Crippen LogP contribution is -2.21. The van der Waals surface area contributed by atoms with Gasteiger partial charge in [-0.1, -0.05) is 41.7 Å². The van der Waals surface area contributed by atoms with Crippen LogP contribution in [-0.2, 0) is 11.8 Å². The number of aryl methyl sites for hydroxylation is 1. The number of hydrogen-bond donors (Lipinski definition) is 1. The Hall–Kier alpha value is -1.88. The van der Waals surface area contributed by atoms with Crippen LogP contribution in [0.3, 0.4) is 0 Å². The molecule has 0 aliphatic rings. The van der Waals surface area contributed by atoms with Crippen molar-refractivity contribution >= 4 is 17.2 Å². The minimum atomic E-state index is -0.165. The molecule has 0 spiro atoms. The Morgan fingerprint density at radius 3 is 2.61 bits per heavy atom. The fourth-order valence-electron chi connectivity index (χ4n) is 1.80. The van der Waals surface area contributed by atoms with Gasteiger partial charge in [-0.3, -0.25) is 4.79 Å². The summed E-state index contributed by atoms with van der Waals surface area (Å²) >= 11 is 1.56. The zero-order valence-electron chi connectivity index (χ0n) is 10.6. The summed E-state index contributed by atoms with van der Waals surface area (Å²) in [6, 6.07) is 10.1. The fourth-order valence-corrected chi connectivity index (χ4v) is 2.75. The third kappa shape index (κ3) is 2.51. The average molecular weight is 261 g/mol. The minimum Gasteiger partial charge on any atom is -0.318 e. The van der Waals surface area contributed by atoms with E-state index in [0.717, 1.165) is 16.1 Å². The van der Waals surface area contributed by atoms with Crippen molar-refractivity contribution in [3.8, 4) is 11.3 Å². The van der Waals surface area contributed by atoms with Gasteiger partial charge in [0.2, 0.25) is 10.7 Å². The Bertz CT molecular complexity index is 625. The Labute approximate surface area is 110 Å². The number of amides is 1. The molecule has 4 nitrogen and oxygen atoms in total. The molecule has 0 atom stereocenters. The molecule has 94 valence electrons. The number of hydrogen-bond acceptors (Lipinski definition) is 3. The lowest BCUT2D eigenvalue weighted by Gasteiger charge is -2.04. The van der Waals surface area contributed by atoms with Gasteiger partial charge in [0.1, 0.15) is 0 Å². The van der Waals surface area contributed by atoms with Gasteiger partial charge in [0.15, 0.2) is 0 Å². The first-order chi connectivity index (χ1) is 8.59. The van der Waals surface area contributed by atoms with Gasteiger partial charge in [-0.2, -0.15) is 0 Å². The first kappa shape index (κ1) is 12.6. The second-order valence-electron chi connectivity index (χ2n) is 3.99. The van der Waals surface area contributed by atoms with E-state index in [0.29, 0.717) is 0 Å². The lowest BCUT2D eigenvalue weighted by atomic mass is 10.1. The number of carbonyl (C=O) groups is 1. The highest BCUT2D eigenvalue weighted by Crippen LogP contribution is 2.23. The van der Waals surface area contributed by atoms with Crippen molar-refractivity contribution < 1.29 is 4.79 Å². The molecule has 0 fully saturated rings. The molecular formula is C13H15N3OS. The van der Waals surface area contributed by atoms with Crippen LogP contribution < -0.4 is 10.2 Å². The van der Waals surface area contributed by atoms with Crippen LogP contribution in [-0.4, -0.2) is 10.5 Å². The number of rotatable bonds is 2. The molecule has 1 aromatic heterocycles. The molecule has 1 amide bonds. The average Bonchev–Trinajstić information content (AvgIpc) is 2.63. The number of nitrogens with zero attached hydrogens (tertiary/aromatic N) is 2. The van der Waals surface area contributed by atoms with Gasteiger partial charge in [0.05, 0.1) is 5.69 Å². The predicted molar refractivity (Wildman–Crippen MR) is 72.8 cm³/mol. The topological polar surface area (TPSA) is 46.4 Å². The Morgan fingerprint density at radius 1 is 1.33 bits per heavy atom. The van der Waals surface area contributed by atoms with Crippen molar-refractivity contribution in [1.29, 1.82) is 0 Å². The van der Waals surface area contributed by atoms with Crippen LogP contribution in [0.5, 0.6) is 0 Å². The van der Waals surface area contributed by atoms with Crippen LogP contribution in [0.4, 0.5) is 0 Å². The zero-order chi connectivity index (χ0) is 13.1. The minimum absolute atomic E-state index is 0.165. The number of thiazole rings is 1. The number of carbonyl (C=O) groups excluding carboxylic acids is 1. The van der Waals surface area contributed by atoms with Crippen molar-refractivity contribution in [3.05, 3.63) is 40.0 Å². The van der Waals surface area contributed by atoms with Gasteiger partial charge in [-0.05, 0) is 12.5 Å². The molecular weight excluding hydrogens is 246 g/mol. The number of nitrogens with one attached hydrogen (secondary N) is 1. The van der Waals surface area contributed by atoms with E-state index in [2.05, 4.69) is 29.6 Å². The van der Waals surface area contributed by atoms with E-state index in [9.17, 15) is 4.79 Å². The van der Waals surface area contributed by atoms with Crippen LogP contribution in [0.15, 0.2) is 35.4 Å². The van der Waals surface area contributed by atoms with Crippen LogP contribution in [0.1, 0.15) is 11.8 Å². The maximum atomic E-state index is 10.9. The Morgan fingerprint density at radius 2 is 2.00 bits per heavy atom. The largest absolute Gasteiger partial charge is 0.318 e. The lowest BCUT2D eigenvalue weighted by molar-refractivity contribution is -0.119. The first-order valence-corrected chi connectivity index (χ1v) is 6.43. The monoisotopic (exact) mass is 261 g/mol. The van der Waals surface area contributed by atoms with E-state index in [1.807, 2.05) is 29.8 Å². The molecule has 2 rings (SSSR count). The summed E-state index contributed by atoms with van der Waals surface area (Å²) in [5, 5.41) is 4.09. The molecule has 0 bridgehead atoms. The standard InChI is InChI=1S/C13H15N3OS/c1-9-12(11-7-5-4-6-8-11)16(3)13(18-9)15-14-10(2)17/h4-8H,1-3H3,(H,14,17). The van der Waals surface area contributed by atoms with Crippen molar-refractivity contribution in [2.24, 2.45) is 12.1 Å². The van der Waals surface area contributed by atoms with Crippen LogP contribution >= 0.6 is 11.3 Å². The van der Waals surface area contributed by atoms with Crippen molar-refractivity contribution in [1.82, 2.24) is 9.99 Å². The third-order valence-corrected chi connectivity index (χ3v) is 3.60. The molecule has 0 unspecified atom stereocenters. The Balaban J connectivity index is 2.51. The van der Waals surface area contributed by atoms with Gasteiger partial charge in [-0.25, -0.2) is 5.43 Å². The second kappa shape index (κ2) is 5.18. The first-order valence-electron chi connectivity index (χ1n) is 5.61. The molecule has 18 heavy (non-hydrogen) atoms. The summed E-state index contributed by atoms with van der Waals surface area (Å²) in [6.45, 7) is 3.50. The van der Waals surface area contributed by atoms with E-state index in [-0.39, 0.29) is 5.91 Å². The molecule has 1 heterocycles. The maximum absolute atomic E-state index is 10.9. The smallest absolute Gasteiger partial charge is 0.237 e. The van der Waals surface area contributed by atoms with E-state index < -0.39 is 0 Å². The predicted octanol–water partition coefficient (Wildman–Crippen LogP) is 2.01. The highest BCUT2D eigenvalue weighted by molar-refractivity contribution is 7.09. The highest BCUT2D eigenvalue weighted by atomic mass is 32.1. The molecule has 0 saturated carbocycles. The normalized spacial score (nSPS) is 11.6. The van der Waals surface area contributed by atoms with Crippen molar-refractivity contribution in [2.75, 3.05) is 0 Å². The quantitative estimate of drug-likeness (QED) is 0.826. The van der Waals surface area contributed by atoms with E-state index in [1.165, 1.54) is 11.8 Å². The summed E-state index contributed by atoms with van der Waals surface area (Å²) in [5.41, 5.74) is 4.75. The SMILES string of the molecule is CC(=O)NN=c1sc(C)c(-c2ccccc2)n1C. The third-order valence-electron chi connectivity index (χ3n) is 2.56. The molecule has 1 aromatic carbocycles. The summed E-state index contributed by atoms with van der Waals surface area (Å²) in [6.07, 6.45) is 0. The van der Waals surface area contributed by atoms with Crippen LogP contribution in [0, 0.1) is 6.92 Å². The summed E-state index contributed by atoms with van der Waals surface area (Å²) in [5.74, 6) is -0.165. The van der Waals surface area contributed by atoms with Crippen molar-refractivity contribution in [2.45, 2.75) is 13.8 Å². The second-order valence-corrected chi connectivity index (χ2v) is 5.18. The van der Waals surface area contributed by atoms with Gasteiger partial charge in [0.25, 0.3) is 0 Å². The summed E-state index contributed by atoms with van der Waals surface area (Å²) in [4.78, 5) is 12.8. The van der Waals surface area contributed by atoms with Crippen LogP contribution in [0.25, 0.3) is 11.3 Å². The number of benzene rings is 1. The molecule has 0 radical (unpaired) electrons. The molecule has 0 saturated heterocycles. The highest BCUT2D eigenvalue weighted by Gasteiger charge is 2.09. The summed E-state index contributed by atoms with van der Waals surface area (Å²) < 4.78 is 1.99. The molecule has 0 aliphatic heterocycles. The maximum Gasteiger partial charge on any atom is 0.237 e. The van der Waals surface area contributed by atoms with E-state index >= 15 is 0 Å². The zero-order valence-corrected chi connectivity index (χ0v) is 11.4. The van der Waals surface area contributed by atoms with Crippen LogP contribution in [0.2, 0.25) is 0 Å². The van der Waals surface area contributed by atoms with Crippen molar-refractivity contribution in [3.63, 3.8) is 0 Å². The molecule has 0 aliphatic carbocycles. The van der Waals surface area contributed by atoms with E-state index in [1.54, 1.807) is 11.3 Å². The molecule has 1 N–H and O–H groups in total. The van der Waals surface area contributed by atoms with E-state index in [4.69, 9.17) is 0 Å². The Kier molecular flexibility index (Phi) is 3.62. The van der Waals surface area contributed by atoms with Gasteiger partial charge in [0, 0.05) is 18.8 Å². The van der Waals surface area contributed by atoms with Gasteiger partial charge < -0.3 is 4.57 Å². The van der Waals surface area contributed by atoms with Gasteiger partial charge in [-0.15, -0.1) is 5.10 Å². The summed E-state index contributed by atoms with van der Waals surface area (Å²) in [7, 11) is 1.95.